The molecule has 6 aromatic carbocycles. The summed E-state index contributed by atoms with van der Waals surface area (Å²) >= 11 is 0. The summed E-state index contributed by atoms with van der Waals surface area (Å²) in [5.41, 5.74) is 12.0. The summed E-state index contributed by atoms with van der Waals surface area (Å²) in [5, 5.41) is 6.24. The van der Waals surface area contributed by atoms with Crippen molar-refractivity contribution in [3.63, 3.8) is 0 Å². The van der Waals surface area contributed by atoms with Crippen molar-refractivity contribution in [3.8, 4) is 33.8 Å². The highest BCUT2D eigenvalue weighted by Gasteiger charge is 2.24. The van der Waals surface area contributed by atoms with Crippen LogP contribution in [0.25, 0.3) is 88.3 Å². The predicted molar refractivity (Wildman–Crippen MR) is 175 cm³/mol. The van der Waals surface area contributed by atoms with Crippen molar-refractivity contribution in [1.29, 1.82) is 0 Å². The Balaban J connectivity index is 1.27. The molecule has 9 aromatic rings. The maximum atomic E-state index is 5.27. The molecule has 0 atom stereocenters. The lowest BCUT2D eigenvalue weighted by Crippen LogP contribution is -1.99. The number of nitrogens with zero attached hydrogens (tertiary/aromatic N) is 3. The van der Waals surface area contributed by atoms with Gasteiger partial charge in [0.25, 0.3) is 0 Å². The lowest BCUT2D eigenvalue weighted by Gasteiger charge is -2.12. The van der Waals surface area contributed by atoms with Crippen LogP contribution >= 0.6 is 0 Å². The summed E-state index contributed by atoms with van der Waals surface area (Å²) in [6.45, 7) is 0. The van der Waals surface area contributed by atoms with Gasteiger partial charge in [-0.05, 0) is 70.8 Å². The van der Waals surface area contributed by atoms with Crippen LogP contribution in [-0.2, 0) is 0 Å². The van der Waals surface area contributed by atoms with Gasteiger partial charge in [-0.1, -0.05) is 91.0 Å². The fraction of sp³-hybridized carbons (Fsp3) is 0. The lowest BCUT2D eigenvalue weighted by molar-refractivity contribution is 1.10. The minimum absolute atomic E-state index is 0.946. The minimum Gasteiger partial charge on any atom is -0.309 e. The maximum absolute atomic E-state index is 5.27. The molecule has 42 heavy (non-hydrogen) atoms. The van der Waals surface area contributed by atoms with Gasteiger partial charge in [0.1, 0.15) is 5.82 Å². The topological polar surface area (TPSA) is 22.8 Å². The molecular weight excluding hydrogens is 510 g/mol. The van der Waals surface area contributed by atoms with E-state index in [-0.39, 0.29) is 0 Å². The van der Waals surface area contributed by atoms with Crippen molar-refractivity contribution in [1.82, 2.24) is 14.1 Å². The van der Waals surface area contributed by atoms with Gasteiger partial charge in [-0.3, -0.25) is 4.57 Å². The minimum atomic E-state index is 0.946. The average Bonchev–Trinajstić information content (AvgIpc) is 3.68. The number of pyridine rings is 1. The van der Waals surface area contributed by atoms with Crippen LogP contribution in [0.5, 0.6) is 0 Å². The predicted octanol–water partition coefficient (Wildman–Crippen LogP) is 10.1. The van der Waals surface area contributed by atoms with E-state index in [0.29, 0.717) is 0 Å². The van der Waals surface area contributed by atoms with Gasteiger partial charge in [0, 0.05) is 32.6 Å². The van der Waals surface area contributed by atoms with Crippen LogP contribution in [0.3, 0.4) is 0 Å². The third-order valence-electron chi connectivity index (χ3n) is 9.05. The fourth-order valence-electron chi connectivity index (χ4n) is 7.33. The van der Waals surface area contributed by atoms with E-state index in [1.165, 1.54) is 60.2 Å². The molecule has 1 aliphatic carbocycles. The Kier molecular flexibility index (Phi) is 4.18. The van der Waals surface area contributed by atoms with E-state index in [2.05, 4.69) is 149 Å². The maximum Gasteiger partial charge on any atom is 0.138 e. The second-order valence-electron chi connectivity index (χ2n) is 11.2. The molecule has 0 unspecified atom stereocenters. The molecule has 10 rings (SSSR count). The number of benzene rings is 6. The molecule has 0 aliphatic heterocycles. The first-order chi connectivity index (χ1) is 20.8. The molecule has 194 valence electrons. The SMILES string of the molecule is c1ccc2c(c1)-c1cccc3nc(-n4c5ccccc5c5cc(-n6c7ccccc7c7ccccc76)ccc54)cc-2c13. The molecule has 3 nitrogen and oxygen atoms in total. The first kappa shape index (κ1) is 22.1. The van der Waals surface area contributed by atoms with E-state index < -0.39 is 0 Å². The Morgan fingerprint density at radius 1 is 0.381 bits per heavy atom. The van der Waals surface area contributed by atoms with Gasteiger partial charge in [0.15, 0.2) is 0 Å². The van der Waals surface area contributed by atoms with Crippen molar-refractivity contribution in [2.75, 3.05) is 0 Å². The highest BCUT2D eigenvalue weighted by atomic mass is 15.1. The quantitative estimate of drug-likeness (QED) is 0.217. The smallest absolute Gasteiger partial charge is 0.138 e. The van der Waals surface area contributed by atoms with E-state index in [4.69, 9.17) is 4.98 Å². The van der Waals surface area contributed by atoms with Gasteiger partial charge in [0.2, 0.25) is 0 Å². The highest BCUT2D eigenvalue weighted by Crippen LogP contribution is 2.47. The Bertz CT molecular complexity index is 2530. The second-order valence-corrected chi connectivity index (χ2v) is 11.2. The molecule has 0 amide bonds. The molecular formula is C39H23N3. The van der Waals surface area contributed by atoms with Crippen molar-refractivity contribution >= 4 is 54.5 Å². The molecule has 0 bridgehead atoms. The molecule has 3 heteroatoms. The third kappa shape index (κ3) is 2.77. The Hall–Kier alpha value is -5.67. The molecule has 0 radical (unpaired) electrons. The van der Waals surface area contributed by atoms with Crippen LogP contribution in [0, 0.1) is 0 Å². The third-order valence-corrected chi connectivity index (χ3v) is 9.05. The zero-order valence-electron chi connectivity index (χ0n) is 22.6. The Morgan fingerprint density at radius 3 is 1.64 bits per heavy atom. The standard InChI is InChI=1S/C39H23N3/c1-2-11-26-25(10-1)30-15-9-16-33-39(30)32(26)23-38(40-33)42-36-19-8-5-14-29(36)31-22-24(20-21-37(31)42)41-34-17-6-3-12-27(34)28-13-4-7-18-35(28)41/h1-23H. The molecule has 0 spiro atoms. The molecule has 1 aliphatic rings. The summed E-state index contributed by atoms with van der Waals surface area (Å²) in [6.07, 6.45) is 0. The van der Waals surface area contributed by atoms with Gasteiger partial charge in [0.05, 0.1) is 27.6 Å². The summed E-state index contributed by atoms with van der Waals surface area (Å²) in [5.74, 6) is 0.946. The van der Waals surface area contributed by atoms with E-state index in [1.54, 1.807) is 0 Å². The zero-order chi connectivity index (χ0) is 27.4. The number of hydrogen-bond donors (Lipinski definition) is 0. The zero-order valence-corrected chi connectivity index (χ0v) is 22.6. The largest absolute Gasteiger partial charge is 0.309 e. The van der Waals surface area contributed by atoms with Gasteiger partial charge in [-0.2, -0.15) is 0 Å². The van der Waals surface area contributed by atoms with Crippen molar-refractivity contribution in [3.05, 3.63) is 140 Å². The lowest BCUT2D eigenvalue weighted by atomic mass is 10.1. The van der Waals surface area contributed by atoms with Crippen molar-refractivity contribution < 1.29 is 0 Å². The van der Waals surface area contributed by atoms with Crippen LogP contribution in [-0.4, -0.2) is 14.1 Å². The molecule has 0 N–H and O–H groups in total. The number of rotatable bonds is 2. The first-order valence-corrected chi connectivity index (χ1v) is 14.4. The molecule has 3 aromatic heterocycles. The Labute approximate surface area is 241 Å². The van der Waals surface area contributed by atoms with Crippen LogP contribution in [0.4, 0.5) is 0 Å². The van der Waals surface area contributed by atoms with Gasteiger partial charge in [-0.15, -0.1) is 0 Å². The van der Waals surface area contributed by atoms with Crippen molar-refractivity contribution in [2.24, 2.45) is 0 Å². The van der Waals surface area contributed by atoms with Crippen LogP contribution in [0.15, 0.2) is 140 Å². The van der Waals surface area contributed by atoms with E-state index in [1.807, 2.05) is 0 Å². The average molecular weight is 534 g/mol. The Morgan fingerprint density at radius 2 is 0.929 bits per heavy atom. The molecule has 3 heterocycles. The first-order valence-electron chi connectivity index (χ1n) is 14.4. The van der Waals surface area contributed by atoms with Crippen LogP contribution in [0.1, 0.15) is 0 Å². The number of para-hydroxylation sites is 3. The normalized spacial score (nSPS) is 12.3. The van der Waals surface area contributed by atoms with E-state index in [0.717, 1.165) is 28.1 Å². The van der Waals surface area contributed by atoms with Gasteiger partial charge >= 0.3 is 0 Å². The molecule has 0 saturated carbocycles. The van der Waals surface area contributed by atoms with Crippen LogP contribution in [0.2, 0.25) is 0 Å². The summed E-state index contributed by atoms with van der Waals surface area (Å²) in [4.78, 5) is 5.27. The monoisotopic (exact) mass is 533 g/mol. The summed E-state index contributed by atoms with van der Waals surface area (Å²) in [7, 11) is 0. The number of fused-ring (bicyclic) bond motifs is 9. The number of hydrogen-bond acceptors (Lipinski definition) is 1. The van der Waals surface area contributed by atoms with Crippen molar-refractivity contribution in [2.45, 2.75) is 0 Å². The van der Waals surface area contributed by atoms with Gasteiger partial charge < -0.3 is 4.57 Å². The molecule has 0 fully saturated rings. The summed E-state index contributed by atoms with van der Waals surface area (Å²) < 4.78 is 4.73. The second kappa shape index (κ2) is 7.96. The highest BCUT2D eigenvalue weighted by molar-refractivity contribution is 6.16. The van der Waals surface area contributed by atoms with E-state index in [9.17, 15) is 0 Å². The number of aromatic nitrogens is 3. The molecule has 0 saturated heterocycles. The fourth-order valence-corrected chi connectivity index (χ4v) is 7.33. The van der Waals surface area contributed by atoms with E-state index >= 15 is 0 Å². The van der Waals surface area contributed by atoms with Gasteiger partial charge in [-0.25, -0.2) is 4.98 Å². The van der Waals surface area contributed by atoms with Crippen LogP contribution < -0.4 is 0 Å². The summed E-state index contributed by atoms with van der Waals surface area (Å²) in [6, 6.07) is 50.4.